The molecule has 0 bridgehead atoms. The first-order chi connectivity index (χ1) is 13.9. The molecule has 2 N–H and O–H groups in total. The van der Waals surface area contributed by atoms with Gasteiger partial charge in [0.1, 0.15) is 11.1 Å². The molecule has 1 aliphatic rings. The number of benzene rings is 1. The third kappa shape index (κ3) is 3.21. The summed E-state index contributed by atoms with van der Waals surface area (Å²) >= 11 is 6.51. The van der Waals surface area contributed by atoms with E-state index in [1.54, 1.807) is 10.7 Å². The van der Waals surface area contributed by atoms with Crippen LogP contribution in [0.2, 0.25) is 5.15 Å². The molecule has 4 rings (SSSR count). The van der Waals surface area contributed by atoms with Crippen molar-refractivity contribution < 1.29 is 14.3 Å². The van der Waals surface area contributed by atoms with E-state index in [0.29, 0.717) is 11.2 Å². The minimum absolute atomic E-state index is 0.156. The molecule has 0 aliphatic carbocycles. The smallest absolute Gasteiger partial charge is 0.319 e. The molecule has 1 aromatic carbocycles. The van der Waals surface area contributed by atoms with E-state index >= 15 is 0 Å². The van der Waals surface area contributed by atoms with Crippen LogP contribution in [-0.2, 0) is 9.53 Å². The molecule has 1 saturated heterocycles. The van der Waals surface area contributed by atoms with E-state index in [4.69, 9.17) is 16.3 Å². The van der Waals surface area contributed by atoms with Crippen LogP contribution in [-0.4, -0.2) is 33.9 Å². The van der Waals surface area contributed by atoms with Gasteiger partial charge in [0.15, 0.2) is 5.65 Å². The van der Waals surface area contributed by atoms with Crippen molar-refractivity contribution in [1.29, 1.82) is 0 Å². The first-order valence-corrected chi connectivity index (χ1v) is 9.24. The Kier molecular flexibility index (Phi) is 4.71. The lowest BCUT2D eigenvalue weighted by atomic mass is 9.89. The summed E-state index contributed by atoms with van der Waals surface area (Å²) in [7, 11) is 1.28. The molecule has 148 valence electrons. The van der Waals surface area contributed by atoms with Gasteiger partial charge in [-0.15, -0.1) is 0 Å². The number of pyridine rings is 1. The van der Waals surface area contributed by atoms with E-state index in [0.717, 1.165) is 16.8 Å². The van der Waals surface area contributed by atoms with Crippen LogP contribution < -0.4 is 10.6 Å². The molecule has 1 aliphatic heterocycles. The lowest BCUT2D eigenvalue weighted by Gasteiger charge is -2.33. The van der Waals surface area contributed by atoms with Crippen LogP contribution in [0.25, 0.3) is 16.7 Å². The highest BCUT2D eigenvalue weighted by molar-refractivity contribution is 6.30. The number of hydrogen-bond acceptors (Lipinski definition) is 5. The summed E-state index contributed by atoms with van der Waals surface area (Å²) in [6.07, 6.45) is 0. The average molecular weight is 412 g/mol. The second-order valence-electron chi connectivity index (χ2n) is 6.67. The fourth-order valence-corrected chi connectivity index (χ4v) is 3.74. The molecule has 2 atom stereocenters. The number of aromatic nitrogens is 3. The second kappa shape index (κ2) is 7.21. The van der Waals surface area contributed by atoms with E-state index in [2.05, 4.69) is 27.3 Å². The van der Waals surface area contributed by atoms with Crippen LogP contribution in [0.3, 0.4) is 0 Å². The summed E-state index contributed by atoms with van der Waals surface area (Å²) in [5, 5.41) is 10.7. The van der Waals surface area contributed by atoms with Gasteiger partial charge in [0, 0.05) is 16.6 Å². The van der Waals surface area contributed by atoms with Crippen molar-refractivity contribution in [2.24, 2.45) is 5.92 Å². The number of halogens is 1. The van der Waals surface area contributed by atoms with Crippen LogP contribution in [0.4, 0.5) is 4.79 Å². The van der Waals surface area contributed by atoms with Gasteiger partial charge in [-0.1, -0.05) is 36.4 Å². The van der Waals surface area contributed by atoms with Crippen LogP contribution in [0, 0.1) is 12.8 Å². The number of aryl methyl sites for hydroxylation is 1. The van der Waals surface area contributed by atoms with Crippen molar-refractivity contribution in [1.82, 2.24) is 25.4 Å². The average Bonchev–Trinajstić information content (AvgIpc) is 3.02. The van der Waals surface area contributed by atoms with Gasteiger partial charge in [-0.25, -0.2) is 14.5 Å². The fourth-order valence-electron chi connectivity index (χ4n) is 3.49. The van der Waals surface area contributed by atoms with E-state index in [1.165, 1.54) is 7.11 Å². The van der Waals surface area contributed by atoms with Gasteiger partial charge < -0.3 is 15.4 Å². The van der Waals surface area contributed by atoms with Crippen LogP contribution in [0.15, 0.2) is 48.7 Å². The van der Waals surface area contributed by atoms with Crippen LogP contribution in [0.1, 0.15) is 17.3 Å². The zero-order chi connectivity index (χ0) is 20.7. The second-order valence-corrected chi connectivity index (χ2v) is 7.03. The third-order valence-electron chi connectivity index (χ3n) is 4.88. The predicted octanol–water partition coefficient (Wildman–Crippen LogP) is 3.04. The maximum Gasteiger partial charge on any atom is 0.319 e. The Labute approximate surface area is 171 Å². The quantitative estimate of drug-likeness (QED) is 0.510. The van der Waals surface area contributed by atoms with Crippen LogP contribution in [0.5, 0.6) is 0 Å². The molecule has 1 fully saturated rings. The van der Waals surface area contributed by atoms with Gasteiger partial charge in [-0.05, 0) is 25.1 Å². The molecular weight excluding hydrogens is 394 g/mol. The molecule has 3 heterocycles. The Hall–Kier alpha value is -3.39. The number of urea groups is 1. The van der Waals surface area contributed by atoms with Crippen molar-refractivity contribution in [2.45, 2.75) is 13.0 Å². The van der Waals surface area contributed by atoms with Crippen molar-refractivity contribution in [3.05, 3.63) is 65.1 Å². The third-order valence-corrected chi connectivity index (χ3v) is 5.19. The summed E-state index contributed by atoms with van der Waals surface area (Å²) < 4.78 is 6.60. The summed E-state index contributed by atoms with van der Waals surface area (Å²) in [6, 6.07) is 10.1. The number of hydrogen-bond donors (Lipinski definition) is 2. The molecule has 3 aromatic rings. The molecule has 9 heteroatoms. The lowest BCUT2D eigenvalue weighted by molar-refractivity contribution is -0.145. The van der Waals surface area contributed by atoms with E-state index in [-0.39, 0.29) is 10.9 Å². The normalized spacial score (nSPS) is 19.0. The van der Waals surface area contributed by atoms with Crippen molar-refractivity contribution in [2.75, 3.05) is 7.11 Å². The van der Waals surface area contributed by atoms with Crippen molar-refractivity contribution >= 4 is 34.6 Å². The molecule has 0 saturated carbocycles. The van der Waals surface area contributed by atoms with E-state index in [1.807, 2.05) is 37.3 Å². The molecule has 0 radical (unpaired) electrons. The molecule has 2 amide bonds. The largest absolute Gasteiger partial charge is 0.468 e. The molecule has 2 aromatic heterocycles. The number of nitrogens with one attached hydrogen (secondary N) is 2. The summed E-state index contributed by atoms with van der Waals surface area (Å²) in [5.41, 5.74) is 2.89. The Bertz CT molecular complexity index is 1140. The Morgan fingerprint density at radius 1 is 1.31 bits per heavy atom. The summed E-state index contributed by atoms with van der Waals surface area (Å²) in [5.74, 6) is -1.39. The number of esters is 1. The number of amides is 2. The molecular formula is C20H18ClN5O3. The topological polar surface area (TPSA) is 98.1 Å². The monoisotopic (exact) mass is 411 g/mol. The van der Waals surface area contributed by atoms with Gasteiger partial charge in [0.05, 0.1) is 24.5 Å². The standard InChI is InChI=1S/C20H18ClN5O3/c1-10-13-9-14(16-15(19(27)29-3)11(2)22-20(28)23-16)17(21)24-18(13)26(25-10)12-7-5-4-6-8-12/h4-9,15-16H,2H2,1,3H3,(H2,22,23,28)/t15-,16-/m0/s1. The van der Waals surface area contributed by atoms with Gasteiger partial charge in [-0.3, -0.25) is 4.79 Å². The Morgan fingerprint density at radius 3 is 2.72 bits per heavy atom. The van der Waals surface area contributed by atoms with Crippen molar-refractivity contribution in [3.63, 3.8) is 0 Å². The maximum atomic E-state index is 12.3. The number of carbonyl (C=O) groups is 2. The van der Waals surface area contributed by atoms with Gasteiger partial charge >= 0.3 is 12.0 Å². The predicted molar refractivity (Wildman–Crippen MR) is 108 cm³/mol. The summed E-state index contributed by atoms with van der Waals surface area (Å²) in [6.45, 7) is 5.65. The maximum absolute atomic E-state index is 12.3. The molecule has 0 unspecified atom stereocenters. The highest BCUT2D eigenvalue weighted by Crippen LogP contribution is 2.36. The first kappa shape index (κ1) is 18.9. The SMILES string of the molecule is C=C1NC(=O)N[C@@H](c2cc3c(C)nn(-c4ccccc4)c3nc2Cl)[C@H]1C(=O)OC. The Balaban J connectivity index is 1.87. The zero-order valence-electron chi connectivity index (χ0n) is 15.8. The van der Waals surface area contributed by atoms with Gasteiger partial charge in [0.25, 0.3) is 0 Å². The number of carbonyl (C=O) groups excluding carboxylic acids is 2. The number of ether oxygens (including phenoxy) is 1. The number of fused-ring (bicyclic) bond motifs is 1. The molecule has 0 spiro atoms. The number of methoxy groups -OCH3 is 1. The van der Waals surface area contributed by atoms with Crippen LogP contribution >= 0.6 is 11.6 Å². The minimum atomic E-state index is -0.848. The Morgan fingerprint density at radius 2 is 2.03 bits per heavy atom. The summed E-state index contributed by atoms with van der Waals surface area (Å²) in [4.78, 5) is 28.9. The molecule has 29 heavy (non-hydrogen) atoms. The number of para-hydroxylation sites is 1. The van der Waals surface area contributed by atoms with E-state index < -0.39 is 24.0 Å². The zero-order valence-corrected chi connectivity index (χ0v) is 16.5. The lowest BCUT2D eigenvalue weighted by Crippen LogP contribution is -2.51. The van der Waals surface area contributed by atoms with Crippen molar-refractivity contribution in [3.8, 4) is 5.69 Å². The minimum Gasteiger partial charge on any atom is -0.468 e. The first-order valence-electron chi connectivity index (χ1n) is 8.86. The van der Waals surface area contributed by atoms with E-state index in [9.17, 15) is 9.59 Å². The highest BCUT2D eigenvalue weighted by Gasteiger charge is 2.40. The number of rotatable bonds is 3. The van der Waals surface area contributed by atoms with Gasteiger partial charge in [-0.2, -0.15) is 5.10 Å². The highest BCUT2D eigenvalue weighted by atomic mass is 35.5. The fraction of sp³-hybridized carbons (Fsp3) is 0.200. The molecule has 8 nitrogen and oxygen atoms in total. The number of nitrogens with zero attached hydrogens (tertiary/aromatic N) is 3. The van der Waals surface area contributed by atoms with Gasteiger partial charge in [0.2, 0.25) is 0 Å².